The highest BCUT2D eigenvalue weighted by molar-refractivity contribution is 5.09. The van der Waals surface area contributed by atoms with E-state index in [1.54, 1.807) is 0 Å². The lowest BCUT2D eigenvalue weighted by Crippen LogP contribution is -2.38. The third kappa shape index (κ3) is 2.13. The van der Waals surface area contributed by atoms with Crippen LogP contribution < -0.4 is 5.73 Å². The Kier molecular flexibility index (Phi) is 2.69. The summed E-state index contributed by atoms with van der Waals surface area (Å²) in [6, 6.07) is 1.20. The zero-order chi connectivity index (χ0) is 9.10. The normalized spacial score (nSPS) is 33.8. The Hall–Kier alpha value is -0.760. The number of allylic oxidation sites excluding steroid dienone is 2. The maximum absolute atomic E-state index is 5.88. The predicted octanol–water partition coefficient (Wildman–Crippen LogP) is 1.64. The molecule has 0 radical (unpaired) electrons. The highest BCUT2D eigenvalue weighted by Gasteiger charge is 2.21. The van der Waals surface area contributed by atoms with Crippen molar-refractivity contribution >= 4 is 0 Å². The molecule has 0 amide bonds. The van der Waals surface area contributed by atoms with E-state index in [0.29, 0.717) is 6.04 Å². The Morgan fingerprint density at radius 1 is 1.08 bits per heavy atom. The molecule has 0 spiro atoms. The lowest BCUT2D eigenvalue weighted by atomic mass is 9.91. The summed E-state index contributed by atoms with van der Waals surface area (Å²) in [5.74, 6) is 0. The van der Waals surface area contributed by atoms with E-state index in [-0.39, 0.29) is 0 Å². The molecule has 0 saturated heterocycles. The van der Waals surface area contributed by atoms with Crippen molar-refractivity contribution in [3.8, 4) is 0 Å². The summed E-state index contributed by atoms with van der Waals surface area (Å²) < 4.78 is 0. The Labute approximate surface area is 80.1 Å². The largest absolute Gasteiger partial charge is 0.371 e. The van der Waals surface area contributed by atoms with Crippen molar-refractivity contribution < 1.29 is 0 Å². The van der Waals surface area contributed by atoms with E-state index in [0.717, 1.165) is 12.6 Å². The van der Waals surface area contributed by atoms with Crippen LogP contribution in [0.3, 0.4) is 0 Å². The molecule has 1 fully saturated rings. The smallest absolute Gasteiger partial charge is 0.0360 e. The lowest BCUT2D eigenvalue weighted by molar-refractivity contribution is 0.221. The number of nitrogens with zero attached hydrogens (tertiary/aromatic N) is 1. The minimum absolute atomic E-state index is 0.459. The molecule has 72 valence electrons. The van der Waals surface area contributed by atoms with Gasteiger partial charge in [0.1, 0.15) is 0 Å². The molecule has 2 heteroatoms. The summed E-state index contributed by atoms with van der Waals surface area (Å²) in [7, 11) is 0. The average molecular weight is 178 g/mol. The summed E-state index contributed by atoms with van der Waals surface area (Å²) in [5.41, 5.74) is 5.88. The summed E-state index contributed by atoms with van der Waals surface area (Å²) in [5, 5.41) is 0. The molecule has 0 unspecified atom stereocenters. The molecule has 1 aliphatic heterocycles. The van der Waals surface area contributed by atoms with Crippen LogP contribution in [0, 0.1) is 0 Å². The topological polar surface area (TPSA) is 29.3 Å². The number of hydrogen-bond acceptors (Lipinski definition) is 2. The quantitative estimate of drug-likeness (QED) is 0.661. The Morgan fingerprint density at radius 3 is 2.46 bits per heavy atom. The van der Waals surface area contributed by atoms with Gasteiger partial charge < -0.3 is 10.6 Å². The maximum atomic E-state index is 5.88. The fourth-order valence-corrected chi connectivity index (χ4v) is 2.19. The van der Waals surface area contributed by atoms with Crippen LogP contribution in [-0.4, -0.2) is 23.5 Å². The third-order valence-corrected chi connectivity index (χ3v) is 3.05. The van der Waals surface area contributed by atoms with E-state index in [9.17, 15) is 0 Å². The van der Waals surface area contributed by atoms with Crippen molar-refractivity contribution in [1.82, 2.24) is 4.90 Å². The Balaban J connectivity index is 1.87. The van der Waals surface area contributed by atoms with Gasteiger partial charge in [0.05, 0.1) is 0 Å². The molecule has 0 aromatic heterocycles. The molecule has 1 heterocycles. The molecule has 1 saturated carbocycles. The van der Waals surface area contributed by atoms with E-state index < -0.39 is 0 Å². The van der Waals surface area contributed by atoms with Gasteiger partial charge in [-0.25, -0.2) is 0 Å². The van der Waals surface area contributed by atoms with E-state index in [2.05, 4.69) is 29.3 Å². The van der Waals surface area contributed by atoms with Crippen molar-refractivity contribution in [3.63, 3.8) is 0 Å². The van der Waals surface area contributed by atoms with Crippen molar-refractivity contribution in [2.45, 2.75) is 37.8 Å². The molecule has 1 aliphatic carbocycles. The highest BCUT2D eigenvalue weighted by atomic mass is 15.1. The molecule has 2 rings (SSSR count). The minimum Gasteiger partial charge on any atom is -0.371 e. The molecule has 0 aromatic carbocycles. The van der Waals surface area contributed by atoms with Gasteiger partial charge in [-0.15, -0.1) is 0 Å². The number of nitrogens with two attached hydrogens (primary N) is 1. The van der Waals surface area contributed by atoms with Crippen LogP contribution in [0.4, 0.5) is 0 Å². The summed E-state index contributed by atoms with van der Waals surface area (Å²) in [4.78, 5) is 2.44. The van der Waals surface area contributed by atoms with Gasteiger partial charge in [-0.05, 0) is 38.0 Å². The van der Waals surface area contributed by atoms with Gasteiger partial charge in [-0.2, -0.15) is 0 Å². The molecule has 0 atom stereocenters. The summed E-state index contributed by atoms with van der Waals surface area (Å²) in [6.45, 7) is 1.08. The van der Waals surface area contributed by atoms with Gasteiger partial charge in [-0.3, -0.25) is 0 Å². The van der Waals surface area contributed by atoms with Crippen LogP contribution in [0.15, 0.2) is 24.4 Å². The Bertz CT molecular complexity index is 212. The molecule has 2 N–H and O–H groups in total. The SMILES string of the molecule is N[C@H]1CC[C@H](N2C=CC=CC2)CC1. The first-order valence-electron chi connectivity index (χ1n) is 5.21. The Morgan fingerprint density at radius 2 is 1.85 bits per heavy atom. The van der Waals surface area contributed by atoms with E-state index >= 15 is 0 Å². The van der Waals surface area contributed by atoms with Crippen LogP contribution in [-0.2, 0) is 0 Å². The monoisotopic (exact) mass is 178 g/mol. The molecule has 13 heavy (non-hydrogen) atoms. The third-order valence-electron chi connectivity index (χ3n) is 3.05. The van der Waals surface area contributed by atoms with Gasteiger partial charge in [0.2, 0.25) is 0 Å². The second kappa shape index (κ2) is 3.97. The molecule has 0 aromatic rings. The van der Waals surface area contributed by atoms with Gasteiger partial charge in [-0.1, -0.05) is 12.2 Å². The van der Waals surface area contributed by atoms with Gasteiger partial charge in [0.15, 0.2) is 0 Å². The van der Waals surface area contributed by atoms with Crippen LogP contribution >= 0.6 is 0 Å². The van der Waals surface area contributed by atoms with Crippen LogP contribution in [0.5, 0.6) is 0 Å². The zero-order valence-electron chi connectivity index (χ0n) is 8.02. The van der Waals surface area contributed by atoms with Gasteiger partial charge in [0, 0.05) is 18.6 Å². The van der Waals surface area contributed by atoms with Gasteiger partial charge in [0.25, 0.3) is 0 Å². The average Bonchev–Trinajstić information content (AvgIpc) is 2.20. The first-order chi connectivity index (χ1) is 6.36. The fourth-order valence-electron chi connectivity index (χ4n) is 2.19. The standard InChI is InChI=1S/C11H18N2/c12-10-4-6-11(7-5-10)13-8-2-1-3-9-13/h1-3,8,10-11H,4-7,9,12H2/t10-,11-. The van der Waals surface area contributed by atoms with E-state index in [1.807, 2.05) is 0 Å². The number of hydrogen-bond donors (Lipinski definition) is 1. The van der Waals surface area contributed by atoms with Crippen LogP contribution in [0.25, 0.3) is 0 Å². The second-order valence-corrected chi connectivity index (χ2v) is 4.04. The summed E-state index contributed by atoms with van der Waals surface area (Å²) >= 11 is 0. The lowest BCUT2D eigenvalue weighted by Gasteiger charge is -2.35. The highest BCUT2D eigenvalue weighted by Crippen LogP contribution is 2.22. The van der Waals surface area contributed by atoms with E-state index in [1.165, 1.54) is 25.7 Å². The predicted molar refractivity (Wildman–Crippen MR) is 55.2 cm³/mol. The fraction of sp³-hybridized carbons (Fsp3) is 0.636. The number of rotatable bonds is 1. The first-order valence-corrected chi connectivity index (χ1v) is 5.21. The van der Waals surface area contributed by atoms with Crippen LogP contribution in [0.2, 0.25) is 0 Å². The van der Waals surface area contributed by atoms with Gasteiger partial charge >= 0.3 is 0 Å². The molecule has 2 aliphatic rings. The minimum atomic E-state index is 0.459. The van der Waals surface area contributed by atoms with Crippen molar-refractivity contribution in [1.29, 1.82) is 0 Å². The molecule has 2 nitrogen and oxygen atoms in total. The first kappa shape index (κ1) is 8.82. The van der Waals surface area contributed by atoms with Crippen molar-refractivity contribution in [2.75, 3.05) is 6.54 Å². The zero-order valence-corrected chi connectivity index (χ0v) is 8.02. The van der Waals surface area contributed by atoms with Crippen molar-refractivity contribution in [2.24, 2.45) is 5.73 Å². The second-order valence-electron chi connectivity index (χ2n) is 4.04. The van der Waals surface area contributed by atoms with Crippen LogP contribution in [0.1, 0.15) is 25.7 Å². The maximum Gasteiger partial charge on any atom is 0.0360 e. The summed E-state index contributed by atoms with van der Waals surface area (Å²) in [6.07, 6.45) is 13.6. The molecular formula is C11H18N2. The van der Waals surface area contributed by atoms with Crippen molar-refractivity contribution in [3.05, 3.63) is 24.4 Å². The molecule has 0 bridgehead atoms. The van der Waals surface area contributed by atoms with E-state index in [4.69, 9.17) is 5.73 Å². The molecular weight excluding hydrogens is 160 g/mol.